The maximum absolute atomic E-state index is 11.0. The molecule has 0 spiro atoms. The molecule has 4 nitrogen and oxygen atoms in total. The van der Waals surface area contributed by atoms with Gasteiger partial charge in [0.1, 0.15) is 0 Å². The van der Waals surface area contributed by atoms with Gasteiger partial charge < -0.3 is 11.5 Å². The number of aromatic nitrogens is 1. The molecule has 0 fully saturated rings. The van der Waals surface area contributed by atoms with E-state index in [0.717, 1.165) is 10.6 Å². The van der Waals surface area contributed by atoms with Crippen LogP contribution in [-0.2, 0) is 0 Å². The van der Waals surface area contributed by atoms with Crippen LogP contribution in [0.4, 0.5) is 5.00 Å². The molecule has 15 heavy (non-hydrogen) atoms. The summed E-state index contributed by atoms with van der Waals surface area (Å²) in [7, 11) is 0. The third kappa shape index (κ3) is 1.82. The van der Waals surface area contributed by atoms with E-state index in [1.807, 2.05) is 18.2 Å². The van der Waals surface area contributed by atoms with Crippen LogP contribution in [0.5, 0.6) is 0 Å². The monoisotopic (exact) mass is 219 g/mol. The third-order valence-electron chi connectivity index (χ3n) is 1.94. The number of nitrogens with two attached hydrogens (primary N) is 2. The summed E-state index contributed by atoms with van der Waals surface area (Å²) < 4.78 is 0. The number of anilines is 1. The van der Waals surface area contributed by atoms with E-state index < -0.39 is 5.91 Å². The molecule has 0 saturated carbocycles. The van der Waals surface area contributed by atoms with Crippen molar-refractivity contribution in [2.24, 2.45) is 5.73 Å². The zero-order valence-electron chi connectivity index (χ0n) is 7.81. The van der Waals surface area contributed by atoms with Crippen molar-refractivity contribution in [1.29, 1.82) is 0 Å². The predicted molar refractivity (Wildman–Crippen MR) is 60.5 cm³/mol. The van der Waals surface area contributed by atoms with Crippen LogP contribution in [0.1, 0.15) is 10.4 Å². The number of carbonyl (C=O) groups excluding carboxylic acids is 1. The zero-order chi connectivity index (χ0) is 10.8. The molecule has 0 aromatic carbocycles. The van der Waals surface area contributed by atoms with Crippen LogP contribution < -0.4 is 11.5 Å². The standard InChI is InChI=1S/C10H9N3OS/c11-9(14)6-5-8(15-10(6)12)7-3-1-2-4-13-7/h1-5H,12H2,(H2,11,14). The number of amides is 1. The highest BCUT2D eigenvalue weighted by atomic mass is 32.1. The van der Waals surface area contributed by atoms with Gasteiger partial charge in [-0.05, 0) is 18.2 Å². The van der Waals surface area contributed by atoms with Gasteiger partial charge in [0.25, 0.3) is 5.91 Å². The number of rotatable bonds is 2. The molecular weight excluding hydrogens is 210 g/mol. The third-order valence-corrected chi connectivity index (χ3v) is 2.93. The Morgan fingerprint density at radius 1 is 1.40 bits per heavy atom. The molecule has 2 rings (SSSR count). The number of hydrogen-bond acceptors (Lipinski definition) is 4. The highest BCUT2D eigenvalue weighted by Gasteiger charge is 2.12. The number of nitrogen functional groups attached to an aromatic ring is 1. The van der Waals surface area contributed by atoms with Crippen molar-refractivity contribution in [2.75, 3.05) is 5.73 Å². The molecule has 2 heterocycles. The van der Waals surface area contributed by atoms with Gasteiger partial charge in [0, 0.05) is 6.20 Å². The minimum absolute atomic E-state index is 0.362. The summed E-state index contributed by atoms with van der Waals surface area (Å²) in [6.07, 6.45) is 1.69. The number of pyridine rings is 1. The minimum atomic E-state index is -0.508. The average molecular weight is 219 g/mol. The van der Waals surface area contributed by atoms with Crippen molar-refractivity contribution in [3.05, 3.63) is 36.0 Å². The molecule has 0 bridgehead atoms. The summed E-state index contributed by atoms with van der Waals surface area (Å²) in [5, 5.41) is 0.433. The molecule has 4 N–H and O–H groups in total. The van der Waals surface area contributed by atoms with Gasteiger partial charge in [-0.1, -0.05) is 6.07 Å². The lowest BCUT2D eigenvalue weighted by molar-refractivity contribution is 0.100. The SMILES string of the molecule is NC(=O)c1cc(-c2ccccn2)sc1N. The number of nitrogens with zero attached hydrogens (tertiary/aromatic N) is 1. The molecule has 0 saturated heterocycles. The number of hydrogen-bond donors (Lipinski definition) is 2. The maximum atomic E-state index is 11.0. The molecule has 0 radical (unpaired) electrons. The lowest BCUT2D eigenvalue weighted by Crippen LogP contribution is -2.11. The quantitative estimate of drug-likeness (QED) is 0.802. The molecule has 0 aliphatic heterocycles. The normalized spacial score (nSPS) is 10.1. The molecule has 2 aromatic heterocycles. The molecule has 76 valence electrons. The Hall–Kier alpha value is -1.88. The zero-order valence-corrected chi connectivity index (χ0v) is 8.62. The predicted octanol–water partition coefficient (Wildman–Crippen LogP) is 1.49. The molecule has 0 atom stereocenters. The molecule has 5 heteroatoms. The van der Waals surface area contributed by atoms with Crippen molar-refractivity contribution < 1.29 is 4.79 Å². The second kappa shape index (κ2) is 3.70. The first-order valence-corrected chi connectivity index (χ1v) is 5.10. The van der Waals surface area contributed by atoms with Crippen LogP contribution in [-0.4, -0.2) is 10.9 Å². The Morgan fingerprint density at radius 2 is 2.20 bits per heavy atom. The van der Waals surface area contributed by atoms with Crippen LogP contribution in [0.25, 0.3) is 10.6 Å². The number of carbonyl (C=O) groups is 1. The first-order valence-electron chi connectivity index (χ1n) is 4.29. The first-order chi connectivity index (χ1) is 7.18. The Kier molecular flexibility index (Phi) is 2.39. The summed E-state index contributed by atoms with van der Waals surface area (Å²) in [5.41, 5.74) is 12.0. The number of thiophene rings is 1. The van der Waals surface area contributed by atoms with Crippen LogP contribution in [0.2, 0.25) is 0 Å². The Labute approximate surface area is 90.6 Å². The fraction of sp³-hybridized carbons (Fsp3) is 0. The van der Waals surface area contributed by atoms with Gasteiger partial charge in [-0.2, -0.15) is 0 Å². The van der Waals surface area contributed by atoms with E-state index in [9.17, 15) is 4.79 Å². The number of primary amides is 1. The van der Waals surface area contributed by atoms with Crippen LogP contribution in [0.3, 0.4) is 0 Å². The van der Waals surface area contributed by atoms with Crippen molar-refractivity contribution in [2.45, 2.75) is 0 Å². The van der Waals surface area contributed by atoms with Crippen LogP contribution in [0, 0.1) is 0 Å². The van der Waals surface area contributed by atoms with Gasteiger partial charge in [0.2, 0.25) is 0 Å². The molecule has 2 aromatic rings. The van der Waals surface area contributed by atoms with Gasteiger partial charge in [-0.25, -0.2) is 0 Å². The average Bonchev–Trinajstić information content (AvgIpc) is 2.62. The second-order valence-corrected chi connectivity index (χ2v) is 4.05. The molecule has 0 aliphatic rings. The Morgan fingerprint density at radius 3 is 2.73 bits per heavy atom. The first kappa shape index (κ1) is 9.67. The van der Waals surface area contributed by atoms with Gasteiger partial charge in [0.15, 0.2) is 0 Å². The summed E-state index contributed by atoms with van der Waals surface area (Å²) in [5.74, 6) is -0.508. The van der Waals surface area contributed by atoms with E-state index >= 15 is 0 Å². The molecular formula is C10H9N3OS. The summed E-state index contributed by atoms with van der Waals surface area (Å²) in [4.78, 5) is 16.0. The minimum Gasteiger partial charge on any atom is -0.390 e. The topological polar surface area (TPSA) is 82.0 Å². The summed E-state index contributed by atoms with van der Waals surface area (Å²) in [6.45, 7) is 0. The van der Waals surface area contributed by atoms with Crippen LogP contribution >= 0.6 is 11.3 Å². The van der Waals surface area contributed by atoms with Crippen molar-refractivity contribution in [1.82, 2.24) is 4.98 Å². The van der Waals surface area contributed by atoms with E-state index in [-0.39, 0.29) is 0 Å². The van der Waals surface area contributed by atoms with E-state index in [0.29, 0.717) is 10.6 Å². The smallest absolute Gasteiger partial charge is 0.251 e. The highest BCUT2D eigenvalue weighted by Crippen LogP contribution is 2.31. The van der Waals surface area contributed by atoms with Crippen molar-refractivity contribution in [3.8, 4) is 10.6 Å². The van der Waals surface area contributed by atoms with E-state index in [4.69, 9.17) is 11.5 Å². The molecule has 1 amide bonds. The second-order valence-electron chi connectivity index (χ2n) is 2.97. The van der Waals surface area contributed by atoms with Crippen LogP contribution in [0.15, 0.2) is 30.5 Å². The Balaban J connectivity index is 2.48. The van der Waals surface area contributed by atoms with E-state index in [2.05, 4.69) is 4.98 Å². The maximum Gasteiger partial charge on any atom is 0.251 e. The van der Waals surface area contributed by atoms with Crippen molar-refractivity contribution >= 4 is 22.2 Å². The van der Waals surface area contributed by atoms with Gasteiger partial charge in [-0.15, -0.1) is 11.3 Å². The summed E-state index contributed by atoms with van der Waals surface area (Å²) in [6, 6.07) is 7.23. The van der Waals surface area contributed by atoms with E-state index in [1.165, 1.54) is 11.3 Å². The largest absolute Gasteiger partial charge is 0.390 e. The Bertz CT molecular complexity index is 493. The van der Waals surface area contributed by atoms with Crippen molar-refractivity contribution in [3.63, 3.8) is 0 Å². The van der Waals surface area contributed by atoms with E-state index in [1.54, 1.807) is 12.3 Å². The van der Waals surface area contributed by atoms with Gasteiger partial charge in [-0.3, -0.25) is 9.78 Å². The fourth-order valence-electron chi connectivity index (χ4n) is 1.23. The lowest BCUT2D eigenvalue weighted by atomic mass is 10.2. The lowest BCUT2D eigenvalue weighted by Gasteiger charge is -1.92. The van der Waals surface area contributed by atoms with Gasteiger partial charge >= 0.3 is 0 Å². The van der Waals surface area contributed by atoms with Gasteiger partial charge in [0.05, 0.1) is 21.1 Å². The molecule has 0 aliphatic carbocycles. The summed E-state index contributed by atoms with van der Waals surface area (Å²) >= 11 is 1.31. The molecule has 0 unspecified atom stereocenters. The highest BCUT2D eigenvalue weighted by molar-refractivity contribution is 7.19. The fourth-order valence-corrected chi connectivity index (χ4v) is 2.14.